The highest BCUT2D eigenvalue weighted by Gasteiger charge is 2.12. The summed E-state index contributed by atoms with van der Waals surface area (Å²) in [5, 5.41) is 14.2. The summed E-state index contributed by atoms with van der Waals surface area (Å²) in [6, 6.07) is 12.2. The number of halogens is 1. The summed E-state index contributed by atoms with van der Waals surface area (Å²) in [6.45, 7) is 0. The molecule has 0 spiro atoms. The Morgan fingerprint density at radius 3 is 2.74 bits per heavy atom. The third kappa shape index (κ3) is 3.36. The topological polar surface area (TPSA) is 137 Å². The molecule has 0 aliphatic carbocycles. The number of pyridine rings is 1. The van der Waals surface area contributed by atoms with Gasteiger partial charge in [0, 0.05) is 17.0 Å². The second kappa shape index (κ2) is 7.22. The van der Waals surface area contributed by atoms with E-state index >= 15 is 0 Å². The predicted octanol–water partition coefficient (Wildman–Crippen LogP) is 3.96. The Hall–Kier alpha value is -4.24. The molecular formula is C21H13ClN6O3. The number of hydrogen-bond acceptors (Lipinski definition) is 6. The van der Waals surface area contributed by atoms with Crippen molar-refractivity contribution < 1.29 is 9.90 Å². The van der Waals surface area contributed by atoms with E-state index in [1.54, 1.807) is 12.1 Å². The zero-order valence-corrected chi connectivity index (χ0v) is 16.4. The van der Waals surface area contributed by atoms with Gasteiger partial charge in [-0.1, -0.05) is 35.9 Å². The van der Waals surface area contributed by atoms with Crippen LogP contribution in [-0.2, 0) is 0 Å². The second-order valence-electron chi connectivity index (χ2n) is 6.74. The maximum Gasteiger partial charge on any atom is 0.335 e. The van der Waals surface area contributed by atoms with Crippen LogP contribution in [0.1, 0.15) is 10.4 Å². The van der Waals surface area contributed by atoms with E-state index in [4.69, 9.17) is 11.6 Å². The van der Waals surface area contributed by atoms with Crippen LogP contribution in [0.2, 0.25) is 5.02 Å². The average Bonchev–Trinajstić information content (AvgIpc) is 3.25. The summed E-state index contributed by atoms with van der Waals surface area (Å²) < 4.78 is 0. The number of aromatic amines is 2. The molecule has 0 saturated carbocycles. The first-order valence-electron chi connectivity index (χ1n) is 9.12. The molecule has 0 fully saturated rings. The van der Waals surface area contributed by atoms with Gasteiger partial charge in [-0.05, 0) is 29.3 Å². The van der Waals surface area contributed by atoms with Gasteiger partial charge in [-0.2, -0.15) is 4.98 Å². The third-order valence-corrected chi connectivity index (χ3v) is 5.12. The molecule has 5 aromatic rings. The van der Waals surface area contributed by atoms with Crippen LogP contribution >= 0.6 is 11.6 Å². The SMILES string of the molecule is O=C(O)c1cccc(-c2ccc3c(Cl)cnc(Nc4nc5nc[nH]c5c(=O)[nH]4)c3c2)c1. The highest BCUT2D eigenvalue weighted by atomic mass is 35.5. The van der Waals surface area contributed by atoms with Crippen molar-refractivity contribution in [3.05, 3.63) is 75.9 Å². The van der Waals surface area contributed by atoms with Crippen LogP contribution in [0.4, 0.5) is 11.8 Å². The van der Waals surface area contributed by atoms with E-state index in [0.29, 0.717) is 16.2 Å². The number of fused-ring (bicyclic) bond motifs is 2. The fourth-order valence-corrected chi connectivity index (χ4v) is 3.55. The number of aromatic nitrogens is 5. The lowest BCUT2D eigenvalue weighted by molar-refractivity contribution is 0.0697. The molecule has 9 nitrogen and oxygen atoms in total. The zero-order valence-electron chi connectivity index (χ0n) is 15.7. The number of benzene rings is 2. The number of carbonyl (C=O) groups is 1. The van der Waals surface area contributed by atoms with Crippen LogP contribution < -0.4 is 10.9 Å². The van der Waals surface area contributed by atoms with Crippen molar-refractivity contribution in [2.24, 2.45) is 0 Å². The molecule has 3 heterocycles. The molecule has 3 aromatic heterocycles. The molecule has 0 aliphatic heterocycles. The number of nitrogens with zero attached hydrogens (tertiary/aromatic N) is 3. The van der Waals surface area contributed by atoms with Crippen LogP contribution in [0.25, 0.3) is 33.1 Å². The van der Waals surface area contributed by atoms with Crippen molar-refractivity contribution in [1.29, 1.82) is 0 Å². The van der Waals surface area contributed by atoms with Gasteiger partial charge < -0.3 is 15.4 Å². The molecule has 5 rings (SSSR count). The molecule has 31 heavy (non-hydrogen) atoms. The van der Waals surface area contributed by atoms with Gasteiger partial charge in [0.25, 0.3) is 5.56 Å². The second-order valence-corrected chi connectivity index (χ2v) is 7.15. The summed E-state index contributed by atoms with van der Waals surface area (Å²) in [7, 11) is 0. The Kier molecular flexibility index (Phi) is 4.37. The highest BCUT2D eigenvalue weighted by molar-refractivity contribution is 6.35. The van der Waals surface area contributed by atoms with Crippen LogP contribution in [0.3, 0.4) is 0 Å². The number of carboxylic acid groups (broad SMARTS) is 1. The molecule has 152 valence electrons. The Labute approximate surface area is 178 Å². The molecule has 0 atom stereocenters. The van der Waals surface area contributed by atoms with Crippen LogP contribution in [0.5, 0.6) is 0 Å². The van der Waals surface area contributed by atoms with Crippen molar-refractivity contribution in [2.45, 2.75) is 0 Å². The third-order valence-electron chi connectivity index (χ3n) is 4.81. The first-order valence-corrected chi connectivity index (χ1v) is 9.50. The quantitative estimate of drug-likeness (QED) is 0.337. The summed E-state index contributed by atoms with van der Waals surface area (Å²) in [6.07, 6.45) is 2.90. The lowest BCUT2D eigenvalue weighted by atomic mass is 10.00. The zero-order chi connectivity index (χ0) is 21.5. The van der Waals surface area contributed by atoms with Gasteiger partial charge in [0.2, 0.25) is 5.95 Å². The van der Waals surface area contributed by atoms with E-state index in [1.807, 2.05) is 24.3 Å². The van der Waals surface area contributed by atoms with Crippen molar-refractivity contribution in [2.75, 3.05) is 5.32 Å². The first-order chi connectivity index (χ1) is 15.0. The fourth-order valence-electron chi connectivity index (χ4n) is 3.33. The molecule has 2 aromatic carbocycles. The van der Waals surface area contributed by atoms with Crippen molar-refractivity contribution in [3.8, 4) is 11.1 Å². The minimum absolute atomic E-state index is 0.180. The van der Waals surface area contributed by atoms with Gasteiger partial charge in [0.1, 0.15) is 5.82 Å². The van der Waals surface area contributed by atoms with Crippen molar-refractivity contribution in [3.63, 3.8) is 0 Å². The maximum atomic E-state index is 12.2. The predicted molar refractivity (Wildman–Crippen MR) is 117 cm³/mol. The molecule has 0 saturated heterocycles. The van der Waals surface area contributed by atoms with Gasteiger partial charge in [0.15, 0.2) is 11.2 Å². The number of nitrogens with one attached hydrogen (secondary N) is 3. The van der Waals surface area contributed by atoms with Gasteiger partial charge >= 0.3 is 5.97 Å². The van der Waals surface area contributed by atoms with E-state index in [-0.39, 0.29) is 28.2 Å². The maximum absolute atomic E-state index is 12.2. The molecule has 0 radical (unpaired) electrons. The van der Waals surface area contributed by atoms with Crippen LogP contribution in [0, 0.1) is 0 Å². The molecular weight excluding hydrogens is 420 g/mol. The van der Waals surface area contributed by atoms with E-state index in [0.717, 1.165) is 16.5 Å². The minimum atomic E-state index is -1.00. The average molecular weight is 433 g/mol. The molecule has 0 bridgehead atoms. The molecule has 0 aliphatic rings. The molecule has 0 unspecified atom stereocenters. The number of anilines is 2. The summed E-state index contributed by atoms with van der Waals surface area (Å²) in [4.78, 5) is 41.6. The standard InChI is InChI=1S/C21H13ClN6O3/c22-15-8-23-17(26-21-27-18-16(19(29)28-21)24-9-25-18)14-7-11(4-5-13(14)15)10-2-1-3-12(6-10)20(30)31/h1-9H,(H,30,31)(H3,23,24,25,26,27,28,29). The van der Waals surface area contributed by atoms with Crippen LogP contribution in [0.15, 0.2) is 59.8 Å². The minimum Gasteiger partial charge on any atom is -0.478 e. The number of hydrogen-bond donors (Lipinski definition) is 4. The normalized spacial score (nSPS) is 11.1. The summed E-state index contributed by atoms with van der Waals surface area (Å²) >= 11 is 6.33. The van der Waals surface area contributed by atoms with E-state index in [2.05, 4.69) is 30.2 Å². The number of carboxylic acids is 1. The highest BCUT2D eigenvalue weighted by Crippen LogP contribution is 2.33. The monoisotopic (exact) mass is 432 g/mol. The largest absolute Gasteiger partial charge is 0.478 e. The molecule has 0 amide bonds. The van der Waals surface area contributed by atoms with Gasteiger partial charge in [-0.25, -0.2) is 14.8 Å². The first kappa shape index (κ1) is 18.8. The lowest BCUT2D eigenvalue weighted by Crippen LogP contribution is -2.11. The van der Waals surface area contributed by atoms with E-state index in [9.17, 15) is 14.7 Å². The molecule has 4 N–H and O–H groups in total. The smallest absolute Gasteiger partial charge is 0.335 e. The Morgan fingerprint density at radius 2 is 1.90 bits per heavy atom. The van der Waals surface area contributed by atoms with Gasteiger partial charge in [-0.15, -0.1) is 0 Å². The van der Waals surface area contributed by atoms with E-state index < -0.39 is 5.97 Å². The number of rotatable bonds is 4. The molecule has 10 heteroatoms. The lowest BCUT2D eigenvalue weighted by Gasteiger charge is -2.11. The number of imidazole rings is 1. The van der Waals surface area contributed by atoms with Crippen molar-refractivity contribution in [1.82, 2.24) is 24.9 Å². The van der Waals surface area contributed by atoms with Crippen molar-refractivity contribution >= 4 is 51.3 Å². The van der Waals surface area contributed by atoms with E-state index in [1.165, 1.54) is 18.6 Å². The van der Waals surface area contributed by atoms with Crippen LogP contribution in [-0.4, -0.2) is 36.0 Å². The Balaban J connectivity index is 1.63. The fraction of sp³-hybridized carbons (Fsp3) is 0. The Morgan fingerprint density at radius 1 is 1.06 bits per heavy atom. The summed E-state index contributed by atoms with van der Waals surface area (Å²) in [5.74, 6) is -0.397. The van der Waals surface area contributed by atoms with Gasteiger partial charge in [-0.3, -0.25) is 9.78 Å². The van der Waals surface area contributed by atoms with Gasteiger partial charge in [0.05, 0.1) is 16.9 Å². The number of aromatic carboxylic acids is 1. The number of H-pyrrole nitrogens is 2. The summed E-state index contributed by atoms with van der Waals surface area (Å²) in [5.41, 5.74) is 1.89. The Bertz CT molecular complexity index is 1540.